The number of methoxy groups -OCH3 is 1. The van der Waals surface area contributed by atoms with Gasteiger partial charge in [0.2, 0.25) is 5.91 Å². The third kappa shape index (κ3) is 4.60. The highest BCUT2D eigenvalue weighted by Gasteiger charge is 2.09. The van der Waals surface area contributed by atoms with E-state index in [0.717, 1.165) is 0 Å². The zero-order chi connectivity index (χ0) is 18.4. The standard InChI is InChI=1S/C21H18FNO3/c1-25-20-11-10-15(12-19(20)22)13-21(24)23-16-6-5-9-18(14-16)26-17-7-3-2-4-8-17/h2-12,14H,13H2,1H3,(H,23,24). The van der Waals surface area contributed by atoms with Crippen LogP contribution in [0.5, 0.6) is 17.2 Å². The summed E-state index contributed by atoms with van der Waals surface area (Å²) >= 11 is 0. The van der Waals surface area contributed by atoms with Gasteiger partial charge >= 0.3 is 0 Å². The van der Waals surface area contributed by atoms with E-state index in [0.29, 0.717) is 22.7 Å². The van der Waals surface area contributed by atoms with Crippen LogP contribution < -0.4 is 14.8 Å². The van der Waals surface area contributed by atoms with E-state index in [1.807, 2.05) is 36.4 Å². The molecule has 0 bridgehead atoms. The molecule has 0 fully saturated rings. The Labute approximate surface area is 151 Å². The van der Waals surface area contributed by atoms with E-state index in [1.54, 1.807) is 24.3 Å². The molecule has 3 aromatic rings. The van der Waals surface area contributed by atoms with E-state index in [2.05, 4.69) is 5.32 Å². The molecule has 132 valence electrons. The molecule has 0 saturated carbocycles. The molecule has 0 aliphatic carbocycles. The second-order valence-corrected chi connectivity index (χ2v) is 5.64. The molecule has 0 aliphatic rings. The zero-order valence-corrected chi connectivity index (χ0v) is 14.2. The Morgan fingerprint density at radius 2 is 1.73 bits per heavy atom. The maximum atomic E-state index is 13.7. The molecule has 0 heterocycles. The Morgan fingerprint density at radius 3 is 2.46 bits per heavy atom. The van der Waals surface area contributed by atoms with Gasteiger partial charge in [0.25, 0.3) is 0 Å². The molecule has 4 nitrogen and oxygen atoms in total. The van der Waals surface area contributed by atoms with E-state index < -0.39 is 5.82 Å². The topological polar surface area (TPSA) is 47.6 Å². The van der Waals surface area contributed by atoms with Crippen LogP contribution in [0.15, 0.2) is 72.8 Å². The molecule has 0 aromatic heterocycles. The number of halogens is 1. The van der Waals surface area contributed by atoms with Crippen LogP contribution >= 0.6 is 0 Å². The van der Waals surface area contributed by atoms with Crippen LogP contribution in [-0.4, -0.2) is 13.0 Å². The lowest BCUT2D eigenvalue weighted by Gasteiger charge is -2.09. The highest BCUT2D eigenvalue weighted by molar-refractivity contribution is 5.92. The van der Waals surface area contributed by atoms with Gasteiger partial charge in [0, 0.05) is 11.8 Å². The summed E-state index contributed by atoms with van der Waals surface area (Å²) in [4.78, 5) is 12.2. The van der Waals surface area contributed by atoms with Crippen molar-refractivity contribution in [1.82, 2.24) is 0 Å². The number of ether oxygens (including phenoxy) is 2. The average Bonchev–Trinajstić information content (AvgIpc) is 2.63. The third-order valence-electron chi connectivity index (χ3n) is 3.68. The molecule has 0 atom stereocenters. The number of anilines is 1. The average molecular weight is 351 g/mol. The minimum atomic E-state index is -0.490. The van der Waals surface area contributed by atoms with Gasteiger partial charge < -0.3 is 14.8 Å². The summed E-state index contributed by atoms with van der Waals surface area (Å²) in [5.41, 5.74) is 1.18. The van der Waals surface area contributed by atoms with Gasteiger partial charge in [0.05, 0.1) is 13.5 Å². The third-order valence-corrected chi connectivity index (χ3v) is 3.68. The lowest BCUT2D eigenvalue weighted by molar-refractivity contribution is -0.115. The van der Waals surface area contributed by atoms with Crippen molar-refractivity contribution in [3.8, 4) is 17.2 Å². The highest BCUT2D eigenvalue weighted by atomic mass is 19.1. The van der Waals surface area contributed by atoms with Crippen molar-refractivity contribution < 1.29 is 18.7 Å². The number of nitrogens with one attached hydrogen (secondary N) is 1. The lowest BCUT2D eigenvalue weighted by atomic mass is 10.1. The molecule has 3 aromatic carbocycles. The van der Waals surface area contributed by atoms with Gasteiger partial charge in [-0.05, 0) is 42.0 Å². The molecule has 0 unspecified atom stereocenters. The number of benzene rings is 3. The Bertz CT molecular complexity index is 897. The van der Waals surface area contributed by atoms with Gasteiger partial charge in [-0.1, -0.05) is 30.3 Å². The summed E-state index contributed by atoms with van der Waals surface area (Å²) in [6, 6.07) is 20.9. The second kappa shape index (κ2) is 8.16. The Morgan fingerprint density at radius 1 is 0.962 bits per heavy atom. The van der Waals surface area contributed by atoms with Crippen molar-refractivity contribution in [2.75, 3.05) is 12.4 Å². The van der Waals surface area contributed by atoms with Crippen LogP contribution in [-0.2, 0) is 11.2 Å². The normalized spacial score (nSPS) is 10.2. The first kappa shape index (κ1) is 17.5. The van der Waals surface area contributed by atoms with E-state index in [1.165, 1.54) is 19.2 Å². The van der Waals surface area contributed by atoms with E-state index in [-0.39, 0.29) is 18.1 Å². The highest BCUT2D eigenvalue weighted by Crippen LogP contribution is 2.24. The molecule has 3 rings (SSSR count). The first-order valence-corrected chi connectivity index (χ1v) is 8.09. The van der Waals surface area contributed by atoms with Crippen molar-refractivity contribution in [2.24, 2.45) is 0 Å². The fourth-order valence-electron chi connectivity index (χ4n) is 2.47. The number of carbonyl (C=O) groups excluding carboxylic acids is 1. The minimum Gasteiger partial charge on any atom is -0.494 e. The zero-order valence-electron chi connectivity index (χ0n) is 14.2. The van der Waals surface area contributed by atoms with E-state index in [4.69, 9.17) is 9.47 Å². The lowest BCUT2D eigenvalue weighted by Crippen LogP contribution is -2.14. The molecule has 0 aliphatic heterocycles. The summed E-state index contributed by atoms with van der Waals surface area (Å²) in [6.07, 6.45) is 0.0602. The first-order valence-electron chi connectivity index (χ1n) is 8.09. The molecule has 0 saturated heterocycles. The number of carbonyl (C=O) groups is 1. The number of hydrogen-bond acceptors (Lipinski definition) is 3. The first-order chi connectivity index (χ1) is 12.6. The molecule has 0 radical (unpaired) electrons. The SMILES string of the molecule is COc1ccc(CC(=O)Nc2cccc(Oc3ccccc3)c2)cc1F. The van der Waals surface area contributed by atoms with Gasteiger partial charge in [0.15, 0.2) is 11.6 Å². The fraction of sp³-hybridized carbons (Fsp3) is 0.0952. The summed E-state index contributed by atoms with van der Waals surface area (Å²) < 4.78 is 24.3. The Hall–Kier alpha value is -3.34. The van der Waals surface area contributed by atoms with Gasteiger partial charge in [-0.15, -0.1) is 0 Å². The van der Waals surface area contributed by atoms with Crippen LogP contribution in [0.3, 0.4) is 0 Å². The van der Waals surface area contributed by atoms with Crippen molar-refractivity contribution in [1.29, 1.82) is 0 Å². The Kier molecular flexibility index (Phi) is 5.49. The molecule has 1 amide bonds. The molecular weight excluding hydrogens is 333 g/mol. The predicted molar refractivity (Wildman–Crippen MR) is 98.2 cm³/mol. The summed E-state index contributed by atoms with van der Waals surface area (Å²) in [7, 11) is 1.40. The van der Waals surface area contributed by atoms with Crippen molar-refractivity contribution in [3.63, 3.8) is 0 Å². The van der Waals surface area contributed by atoms with Crippen molar-refractivity contribution in [3.05, 3.63) is 84.2 Å². The molecule has 26 heavy (non-hydrogen) atoms. The van der Waals surface area contributed by atoms with Crippen molar-refractivity contribution >= 4 is 11.6 Å². The second-order valence-electron chi connectivity index (χ2n) is 5.64. The quantitative estimate of drug-likeness (QED) is 0.693. The summed E-state index contributed by atoms with van der Waals surface area (Å²) in [5.74, 6) is 0.747. The summed E-state index contributed by atoms with van der Waals surface area (Å²) in [5, 5.41) is 2.79. The van der Waals surface area contributed by atoms with E-state index in [9.17, 15) is 9.18 Å². The molecular formula is C21H18FNO3. The molecule has 0 spiro atoms. The Balaban J connectivity index is 1.64. The number of para-hydroxylation sites is 1. The van der Waals surface area contributed by atoms with Gasteiger partial charge in [-0.3, -0.25) is 4.79 Å². The molecule has 5 heteroatoms. The maximum absolute atomic E-state index is 13.7. The van der Waals surface area contributed by atoms with Gasteiger partial charge in [-0.2, -0.15) is 0 Å². The number of hydrogen-bond donors (Lipinski definition) is 1. The van der Waals surface area contributed by atoms with Gasteiger partial charge in [0.1, 0.15) is 11.5 Å². The minimum absolute atomic E-state index is 0.0602. The van der Waals surface area contributed by atoms with E-state index >= 15 is 0 Å². The number of rotatable bonds is 6. The van der Waals surface area contributed by atoms with Crippen LogP contribution in [0, 0.1) is 5.82 Å². The predicted octanol–water partition coefficient (Wildman–Crippen LogP) is 4.81. The number of amides is 1. The summed E-state index contributed by atoms with van der Waals surface area (Å²) in [6.45, 7) is 0. The fourth-order valence-corrected chi connectivity index (χ4v) is 2.47. The molecule has 1 N–H and O–H groups in total. The van der Waals surface area contributed by atoms with Gasteiger partial charge in [-0.25, -0.2) is 4.39 Å². The van der Waals surface area contributed by atoms with Crippen LogP contribution in [0.4, 0.5) is 10.1 Å². The van der Waals surface area contributed by atoms with Crippen LogP contribution in [0.2, 0.25) is 0 Å². The monoisotopic (exact) mass is 351 g/mol. The van der Waals surface area contributed by atoms with Crippen LogP contribution in [0.1, 0.15) is 5.56 Å². The van der Waals surface area contributed by atoms with Crippen molar-refractivity contribution in [2.45, 2.75) is 6.42 Å². The largest absolute Gasteiger partial charge is 0.494 e. The van der Waals surface area contributed by atoms with Crippen LogP contribution in [0.25, 0.3) is 0 Å². The smallest absolute Gasteiger partial charge is 0.228 e. The maximum Gasteiger partial charge on any atom is 0.228 e.